The molecule has 58 valence electrons. The molecule has 11 heavy (non-hydrogen) atoms. The van der Waals surface area contributed by atoms with Crippen LogP contribution in [0.2, 0.25) is 0 Å². The van der Waals surface area contributed by atoms with Crippen molar-refractivity contribution in [1.82, 2.24) is 0 Å². The summed E-state index contributed by atoms with van der Waals surface area (Å²) in [6.07, 6.45) is 1.40. The van der Waals surface area contributed by atoms with Gasteiger partial charge in [0.05, 0.1) is 0 Å². The van der Waals surface area contributed by atoms with E-state index in [0.29, 0.717) is 19.1 Å². The predicted molar refractivity (Wildman–Crippen MR) is 43.7 cm³/mol. The third kappa shape index (κ3) is 2.63. The summed E-state index contributed by atoms with van der Waals surface area (Å²) in [5, 5.41) is 3.94. The van der Waals surface area contributed by atoms with Crippen LogP contribution in [0, 0.1) is 0 Å². The maximum absolute atomic E-state index is 10.5. The molecular weight excluding hydrogens is 160 g/mol. The van der Waals surface area contributed by atoms with Crippen molar-refractivity contribution in [2.24, 2.45) is 0 Å². The smallest absolute Gasteiger partial charge is 0.195 e. The van der Waals surface area contributed by atoms with Crippen LogP contribution in [-0.4, -0.2) is 12.1 Å². The first-order valence-electron chi connectivity index (χ1n) is 3.32. The Bertz CT molecular complexity index is 239. The molecule has 0 aliphatic rings. The van der Waals surface area contributed by atoms with Gasteiger partial charge in [0, 0.05) is 6.42 Å². The fraction of sp³-hybridized carbons (Fsp3) is 0.250. The number of ketones is 1. The highest BCUT2D eigenvalue weighted by Crippen LogP contribution is 2.07. The van der Waals surface area contributed by atoms with Gasteiger partial charge in [-0.25, -0.2) is 0 Å². The van der Waals surface area contributed by atoms with Gasteiger partial charge in [0.2, 0.25) is 0 Å². The number of aldehydes is 1. The summed E-state index contributed by atoms with van der Waals surface area (Å²) in [5.41, 5.74) is 1.13. The molecule has 0 saturated heterocycles. The minimum Gasteiger partial charge on any atom is -0.295 e. The number of carbonyl (C=O) groups is 2. The van der Waals surface area contributed by atoms with E-state index in [1.54, 1.807) is 11.3 Å². The van der Waals surface area contributed by atoms with Crippen molar-refractivity contribution in [2.75, 3.05) is 0 Å². The van der Waals surface area contributed by atoms with Gasteiger partial charge in [-0.3, -0.25) is 9.59 Å². The van der Waals surface area contributed by atoms with Crippen molar-refractivity contribution in [3.8, 4) is 0 Å². The Kier molecular flexibility index (Phi) is 2.98. The third-order valence-electron chi connectivity index (χ3n) is 1.37. The number of hydrogen-bond acceptors (Lipinski definition) is 3. The van der Waals surface area contributed by atoms with E-state index in [4.69, 9.17) is 0 Å². The zero-order chi connectivity index (χ0) is 8.10. The second-order valence-corrected chi connectivity index (χ2v) is 3.00. The molecule has 0 amide bonds. The number of rotatable bonds is 4. The van der Waals surface area contributed by atoms with Gasteiger partial charge in [0.25, 0.3) is 0 Å². The standard InChI is InChI=1S/C8H8O2S/c9-5-8(10)2-1-7-3-4-11-6-7/h3-6H,1-2H2. The first-order valence-corrected chi connectivity index (χ1v) is 4.26. The summed E-state index contributed by atoms with van der Waals surface area (Å²) in [5.74, 6) is -0.323. The van der Waals surface area contributed by atoms with Crippen LogP contribution < -0.4 is 0 Å². The first-order chi connectivity index (χ1) is 5.33. The summed E-state index contributed by atoms with van der Waals surface area (Å²) in [4.78, 5) is 20.5. The molecule has 0 bridgehead atoms. The van der Waals surface area contributed by atoms with Crippen LogP contribution in [0.4, 0.5) is 0 Å². The molecule has 0 saturated carbocycles. The van der Waals surface area contributed by atoms with Gasteiger partial charge in [-0.1, -0.05) is 0 Å². The lowest BCUT2D eigenvalue weighted by atomic mass is 10.1. The van der Waals surface area contributed by atoms with Gasteiger partial charge in [-0.2, -0.15) is 11.3 Å². The van der Waals surface area contributed by atoms with Crippen LogP contribution in [0.3, 0.4) is 0 Å². The van der Waals surface area contributed by atoms with Gasteiger partial charge in [-0.05, 0) is 28.8 Å². The molecule has 0 N–H and O–H groups in total. The summed E-state index contributed by atoms with van der Waals surface area (Å²) >= 11 is 1.60. The van der Waals surface area contributed by atoms with Crippen molar-refractivity contribution in [3.05, 3.63) is 22.4 Å². The van der Waals surface area contributed by atoms with Crippen LogP contribution >= 0.6 is 11.3 Å². The van der Waals surface area contributed by atoms with Crippen LogP contribution in [0.15, 0.2) is 16.8 Å². The van der Waals surface area contributed by atoms with Gasteiger partial charge >= 0.3 is 0 Å². The fourth-order valence-electron chi connectivity index (χ4n) is 0.761. The Morgan fingerprint density at radius 2 is 2.45 bits per heavy atom. The highest BCUT2D eigenvalue weighted by Gasteiger charge is 1.99. The molecule has 0 radical (unpaired) electrons. The lowest BCUT2D eigenvalue weighted by molar-refractivity contribution is -0.129. The fourth-order valence-corrected chi connectivity index (χ4v) is 1.46. The molecular formula is C8H8O2S. The highest BCUT2D eigenvalue weighted by molar-refractivity contribution is 7.07. The lowest BCUT2D eigenvalue weighted by Crippen LogP contribution is -1.99. The lowest BCUT2D eigenvalue weighted by Gasteiger charge is -1.90. The summed E-state index contributed by atoms with van der Waals surface area (Å²) in [6, 6.07) is 1.96. The zero-order valence-electron chi connectivity index (χ0n) is 5.95. The molecule has 1 aromatic rings. The van der Waals surface area contributed by atoms with E-state index in [0.717, 1.165) is 5.56 Å². The zero-order valence-corrected chi connectivity index (χ0v) is 6.76. The molecule has 0 unspecified atom stereocenters. The van der Waals surface area contributed by atoms with Crippen molar-refractivity contribution in [1.29, 1.82) is 0 Å². The van der Waals surface area contributed by atoms with Crippen molar-refractivity contribution in [3.63, 3.8) is 0 Å². The van der Waals surface area contributed by atoms with E-state index >= 15 is 0 Å². The summed E-state index contributed by atoms with van der Waals surface area (Å²) in [7, 11) is 0. The largest absolute Gasteiger partial charge is 0.295 e. The third-order valence-corrected chi connectivity index (χ3v) is 2.10. The maximum atomic E-state index is 10.5. The van der Waals surface area contributed by atoms with E-state index in [1.807, 2.05) is 16.8 Å². The van der Waals surface area contributed by atoms with E-state index in [9.17, 15) is 9.59 Å². The SMILES string of the molecule is O=CC(=O)CCc1ccsc1. The average Bonchev–Trinajstić information content (AvgIpc) is 2.52. The predicted octanol–water partition coefficient (Wildman–Crippen LogP) is 1.45. The van der Waals surface area contributed by atoms with Gasteiger partial charge in [0.1, 0.15) is 0 Å². The number of thiophene rings is 1. The molecule has 0 aliphatic carbocycles. The van der Waals surface area contributed by atoms with Gasteiger partial charge in [-0.15, -0.1) is 0 Å². The number of carbonyl (C=O) groups excluding carboxylic acids is 2. The van der Waals surface area contributed by atoms with Gasteiger partial charge in [0.15, 0.2) is 12.1 Å². The van der Waals surface area contributed by atoms with Crippen molar-refractivity contribution < 1.29 is 9.59 Å². The molecule has 0 atom stereocenters. The summed E-state index contributed by atoms with van der Waals surface area (Å²) < 4.78 is 0. The molecule has 0 aliphatic heterocycles. The second kappa shape index (κ2) is 4.03. The second-order valence-electron chi connectivity index (χ2n) is 2.22. The Morgan fingerprint density at radius 1 is 1.64 bits per heavy atom. The van der Waals surface area contributed by atoms with E-state index < -0.39 is 0 Å². The van der Waals surface area contributed by atoms with E-state index in [-0.39, 0.29) is 5.78 Å². The maximum Gasteiger partial charge on any atom is 0.195 e. The highest BCUT2D eigenvalue weighted by atomic mass is 32.1. The Hall–Kier alpha value is -0.960. The average molecular weight is 168 g/mol. The van der Waals surface area contributed by atoms with Crippen LogP contribution in [0.1, 0.15) is 12.0 Å². The molecule has 1 aromatic heterocycles. The molecule has 0 aromatic carbocycles. The van der Waals surface area contributed by atoms with Crippen molar-refractivity contribution in [2.45, 2.75) is 12.8 Å². The monoisotopic (exact) mass is 168 g/mol. The van der Waals surface area contributed by atoms with E-state index in [2.05, 4.69) is 0 Å². The molecule has 2 nitrogen and oxygen atoms in total. The minimum atomic E-state index is -0.323. The number of aryl methyl sites for hydroxylation is 1. The Labute approximate surface area is 68.9 Å². The van der Waals surface area contributed by atoms with Crippen molar-refractivity contribution >= 4 is 23.4 Å². The number of hydrogen-bond donors (Lipinski definition) is 0. The Balaban J connectivity index is 2.34. The van der Waals surface area contributed by atoms with Crippen LogP contribution in [-0.2, 0) is 16.0 Å². The minimum absolute atomic E-state index is 0.323. The topological polar surface area (TPSA) is 34.1 Å². The molecule has 0 spiro atoms. The molecule has 0 fully saturated rings. The Morgan fingerprint density at radius 3 is 3.00 bits per heavy atom. The van der Waals surface area contributed by atoms with E-state index in [1.165, 1.54) is 0 Å². The first kappa shape index (κ1) is 8.14. The molecule has 1 heterocycles. The summed E-state index contributed by atoms with van der Waals surface area (Å²) in [6.45, 7) is 0. The normalized spacial score (nSPS) is 9.45. The number of Topliss-reactive ketones (excluding diaryl/α,β-unsaturated/α-hetero) is 1. The van der Waals surface area contributed by atoms with Gasteiger partial charge < -0.3 is 0 Å². The van der Waals surface area contributed by atoms with Crippen LogP contribution in [0.5, 0.6) is 0 Å². The molecule has 1 rings (SSSR count). The quantitative estimate of drug-likeness (QED) is 0.503. The molecule has 3 heteroatoms. The van der Waals surface area contributed by atoms with Crippen LogP contribution in [0.25, 0.3) is 0 Å².